The number of hydrogen-bond acceptors (Lipinski definition) is 4. The van der Waals surface area contributed by atoms with Crippen LogP contribution in [0.3, 0.4) is 0 Å². The van der Waals surface area contributed by atoms with Gasteiger partial charge in [-0.15, -0.1) is 0 Å². The second-order valence-electron chi connectivity index (χ2n) is 6.07. The van der Waals surface area contributed by atoms with E-state index in [9.17, 15) is 14.7 Å². The van der Waals surface area contributed by atoms with Crippen LogP contribution in [0, 0.1) is 5.92 Å². The van der Waals surface area contributed by atoms with Crippen molar-refractivity contribution in [3.05, 3.63) is 60.2 Å². The summed E-state index contributed by atoms with van der Waals surface area (Å²) in [5.74, 6) is -2.25. The molecule has 0 bridgehead atoms. The predicted octanol–water partition coefficient (Wildman–Crippen LogP) is 1.40. The Morgan fingerprint density at radius 2 is 1.72 bits per heavy atom. The van der Waals surface area contributed by atoms with Gasteiger partial charge in [0.15, 0.2) is 0 Å². The maximum atomic E-state index is 11.5. The smallest absolute Gasteiger partial charge is 0.323 e. The number of carbonyl (C=O) groups is 2. The predicted molar refractivity (Wildman–Crippen MR) is 92.6 cm³/mol. The molecule has 3 atom stereocenters. The van der Waals surface area contributed by atoms with E-state index >= 15 is 0 Å². The zero-order valence-corrected chi connectivity index (χ0v) is 13.6. The van der Waals surface area contributed by atoms with E-state index in [1.807, 2.05) is 54.6 Å². The van der Waals surface area contributed by atoms with Crippen LogP contribution in [0.1, 0.15) is 5.56 Å². The minimum atomic E-state index is -1.05. The number of carbonyl (C=O) groups excluding carboxylic acids is 1. The molecule has 6 heteroatoms. The van der Waals surface area contributed by atoms with E-state index in [2.05, 4.69) is 5.32 Å². The first-order valence-corrected chi connectivity index (χ1v) is 8.08. The highest BCUT2D eigenvalue weighted by atomic mass is 16.5. The average molecular weight is 340 g/mol. The zero-order valence-electron chi connectivity index (χ0n) is 13.6. The lowest BCUT2D eigenvalue weighted by Crippen LogP contribution is -2.42. The molecule has 1 saturated heterocycles. The van der Waals surface area contributed by atoms with E-state index in [0.717, 1.165) is 16.7 Å². The van der Waals surface area contributed by atoms with Crippen LogP contribution in [0.25, 0.3) is 11.1 Å². The number of hydrogen-bond donors (Lipinski definition) is 3. The molecular weight excluding hydrogens is 320 g/mol. The first-order chi connectivity index (χ1) is 12.1. The van der Waals surface area contributed by atoms with E-state index in [1.54, 1.807) is 0 Å². The van der Waals surface area contributed by atoms with Crippen LogP contribution in [0.2, 0.25) is 0 Å². The fourth-order valence-corrected chi connectivity index (χ4v) is 3.04. The molecule has 2 aromatic rings. The van der Waals surface area contributed by atoms with Crippen molar-refractivity contribution >= 4 is 11.9 Å². The molecule has 0 saturated carbocycles. The van der Waals surface area contributed by atoms with Gasteiger partial charge in [0.1, 0.15) is 6.04 Å². The minimum Gasteiger partial charge on any atom is -0.480 e. The summed E-state index contributed by atoms with van der Waals surface area (Å²) in [5, 5.41) is 12.0. The third kappa shape index (κ3) is 3.87. The molecule has 1 amide bonds. The quantitative estimate of drug-likeness (QED) is 0.738. The lowest BCUT2D eigenvalue weighted by Gasteiger charge is -2.20. The van der Waals surface area contributed by atoms with Crippen LogP contribution in [0.15, 0.2) is 54.6 Å². The Hall–Kier alpha value is -2.70. The summed E-state index contributed by atoms with van der Waals surface area (Å²) in [7, 11) is 0. The highest BCUT2D eigenvalue weighted by Crippen LogP contribution is 2.22. The number of benzene rings is 2. The lowest BCUT2D eigenvalue weighted by molar-refractivity contribution is -0.144. The van der Waals surface area contributed by atoms with Crippen LogP contribution >= 0.6 is 0 Å². The van der Waals surface area contributed by atoms with Crippen molar-refractivity contribution < 1.29 is 19.4 Å². The normalized spacial score (nSPS) is 22.6. The van der Waals surface area contributed by atoms with Gasteiger partial charge >= 0.3 is 5.97 Å². The van der Waals surface area contributed by atoms with E-state index in [4.69, 9.17) is 10.5 Å². The standard InChI is InChI=1S/C19H20N2O4/c20-18(22)15-10-21-16(19(23)24)17(15)25-11-12-6-8-14(9-7-12)13-4-2-1-3-5-13/h1-9,15-17,21H,10-11H2,(H2,20,22)(H,23,24)/t15-,16+,17+/m1/s1. The molecule has 0 radical (unpaired) electrons. The molecule has 0 aliphatic carbocycles. The SMILES string of the molecule is NC(=O)[C@@H]1CN[C@H](C(=O)O)[C@H]1OCc1ccc(-c2ccccc2)cc1. The molecule has 6 nitrogen and oxygen atoms in total. The van der Waals surface area contributed by atoms with Gasteiger partial charge in [0.2, 0.25) is 5.91 Å². The third-order valence-corrected chi connectivity index (χ3v) is 4.42. The van der Waals surface area contributed by atoms with E-state index in [0.29, 0.717) is 0 Å². The first-order valence-electron chi connectivity index (χ1n) is 8.08. The van der Waals surface area contributed by atoms with Gasteiger partial charge in [-0.3, -0.25) is 9.59 Å². The molecular formula is C19H20N2O4. The monoisotopic (exact) mass is 340 g/mol. The molecule has 130 valence electrons. The number of carboxylic acids is 1. The van der Waals surface area contributed by atoms with E-state index < -0.39 is 29.9 Å². The fourth-order valence-electron chi connectivity index (χ4n) is 3.04. The van der Waals surface area contributed by atoms with E-state index in [-0.39, 0.29) is 13.2 Å². The third-order valence-electron chi connectivity index (χ3n) is 4.42. The number of nitrogens with two attached hydrogens (primary N) is 1. The zero-order chi connectivity index (χ0) is 17.8. The number of carboxylic acid groups (broad SMARTS) is 1. The Labute approximate surface area is 145 Å². The fraction of sp³-hybridized carbons (Fsp3) is 0.263. The van der Waals surface area contributed by atoms with Gasteiger partial charge in [0.25, 0.3) is 0 Å². The molecule has 25 heavy (non-hydrogen) atoms. The van der Waals surface area contributed by atoms with Crippen LogP contribution in [0.4, 0.5) is 0 Å². The van der Waals surface area contributed by atoms with Gasteiger partial charge < -0.3 is 20.9 Å². The van der Waals surface area contributed by atoms with Crippen molar-refractivity contribution in [1.29, 1.82) is 0 Å². The molecule has 2 aromatic carbocycles. The Morgan fingerprint density at radius 1 is 1.08 bits per heavy atom. The summed E-state index contributed by atoms with van der Waals surface area (Å²) >= 11 is 0. The number of primary amides is 1. The first kappa shape index (κ1) is 17.1. The van der Waals surface area contributed by atoms with Crippen molar-refractivity contribution in [2.24, 2.45) is 11.7 Å². The van der Waals surface area contributed by atoms with Crippen LogP contribution in [0.5, 0.6) is 0 Å². The molecule has 0 aromatic heterocycles. The summed E-state index contributed by atoms with van der Waals surface area (Å²) in [6, 6.07) is 16.9. The van der Waals surface area contributed by atoms with Gasteiger partial charge in [-0.05, 0) is 16.7 Å². The molecule has 4 N–H and O–H groups in total. The molecule has 1 fully saturated rings. The highest BCUT2D eigenvalue weighted by molar-refractivity contribution is 5.82. The number of ether oxygens (including phenoxy) is 1. The Kier molecular flexibility index (Phi) is 5.11. The Morgan fingerprint density at radius 3 is 2.32 bits per heavy atom. The number of rotatable bonds is 6. The summed E-state index contributed by atoms with van der Waals surface area (Å²) in [6.45, 7) is 0.429. The van der Waals surface area contributed by atoms with Crippen molar-refractivity contribution in [1.82, 2.24) is 5.32 Å². The Bertz CT molecular complexity index is 724. The molecule has 0 spiro atoms. The topological polar surface area (TPSA) is 102 Å². The summed E-state index contributed by atoms with van der Waals surface area (Å²) in [6.07, 6.45) is -0.774. The van der Waals surface area contributed by atoms with Gasteiger partial charge in [-0.25, -0.2) is 0 Å². The van der Waals surface area contributed by atoms with Crippen LogP contribution in [-0.4, -0.2) is 35.7 Å². The van der Waals surface area contributed by atoms with Crippen molar-refractivity contribution in [2.75, 3.05) is 6.54 Å². The number of aliphatic carboxylic acids is 1. The lowest BCUT2D eigenvalue weighted by atomic mass is 10.0. The molecule has 1 heterocycles. The van der Waals surface area contributed by atoms with Crippen molar-refractivity contribution in [2.45, 2.75) is 18.8 Å². The van der Waals surface area contributed by atoms with Gasteiger partial charge in [0, 0.05) is 6.54 Å². The summed E-state index contributed by atoms with van der Waals surface area (Å²) in [5.41, 5.74) is 8.46. The van der Waals surface area contributed by atoms with Gasteiger partial charge in [0.05, 0.1) is 18.6 Å². The second-order valence-corrected chi connectivity index (χ2v) is 6.07. The van der Waals surface area contributed by atoms with Crippen molar-refractivity contribution in [3.63, 3.8) is 0 Å². The van der Waals surface area contributed by atoms with Gasteiger partial charge in [-0.2, -0.15) is 0 Å². The maximum absolute atomic E-state index is 11.5. The van der Waals surface area contributed by atoms with Crippen LogP contribution in [-0.2, 0) is 20.9 Å². The average Bonchev–Trinajstić information content (AvgIpc) is 3.05. The second kappa shape index (κ2) is 7.46. The molecule has 1 aliphatic heterocycles. The summed E-state index contributed by atoms with van der Waals surface area (Å²) < 4.78 is 5.74. The number of nitrogens with one attached hydrogen (secondary N) is 1. The van der Waals surface area contributed by atoms with Gasteiger partial charge in [-0.1, -0.05) is 54.6 Å². The maximum Gasteiger partial charge on any atom is 0.323 e. The molecule has 1 aliphatic rings. The highest BCUT2D eigenvalue weighted by Gasteiger charge is 2.43. The molecule has 0 unspecified atom stereocenters. The number of amides is 1. The minimum absolute atomic E-state index is 0.212. The Balaban J connectivity index is 1.67. The van der Waals surface area contributed by atoms with Crippen LogP contribution < -0.4 is 11.1 Å². The largest absolute Gasteiger partial charge is 0.480 e. The van der Waals surface area contributed by atoms with E-state index in [1.165, 1.54) is 0 Å². The summed E-state index contributed by atoms with van der Waals surface area (Å²) in [4.78, 5) is 22.8. The molecule has 3 rings (SSSR count). The van der Waals surface area contributed by atoms with Crippen molar-refractivity contribution in [3.8, 4) is 11.1 Å².